The Bertz CT molecular complexity index is 765. The molecule has 0 aromatic heterocycles. The summed E-state index contributed by atoms with van der Waals surface area (Å²) < 4.78 is 16.4. The van der Waals surface area contributed by atoms with E-state index in [-0.39, 0.29) is 6.04 Å². The maximum absolute atomic E-state index is 5.84. The zero-order valence-electron chi connectivity index (χ0n) is 15.9. The summed E-state index contributed by atoms with van der Waals surface area (Å²) in [4.78, 5) is 0. The van der Waals surface area contributed by atoms with E-state index < -0.39 is 0 Å². The van der Waals surface area contributed by atoms with Gasteiger partial charge >= 0.3 is 0 Å². The minimum atomic E-state index is 0.0525. The Hall–Kier alpha value is -2.47. The molecule has 0 saturated heterocycles. The molecule has 26 heavy (non-hydrogen) atoms. The van der Waals surface area contributed by atoms with Crippen molar-refractivity contribution >= 4 is 23.0 Å². The van der Waals surface area contributed by atoms with E-state index in [1.807, 2.05) is 37.3 Å². The standard InChI is InChI=1S/C20H26N2O3S/c1-13-6-8-17(10-14(13)2)25-12-15(3)21-20(26)22-16-7-9-18(23-4)19(11-16)24-5/h6-11,15H,12H2,1-5H3,(H2,21,22,26)/t15-/m0/s1. The third-order valence-electron chi connectivity index (χ3n) is 4.00. The summed E-state index contributed by atoms with van der Waals surface area (Å²) in [7, 11) is 3.21. The molecule has 5 nitrogen and oxygen atoms in total. The smallest absolute Gasteiger partial charge is 0.171 e. The molecule has 0 bridgehead atoms. The van der Waals surface area contributed by atoms with Gasteiger partial charge in [-0.25, -0.2) is 0 Å². The molecule has 0 aliphatic heterocycles. The molecule has 0 saturated carbocycles. The lowest BCUT2D eigenvalue weighted by atomic mass is 10.1. The minimum Gasteiger partial charge on any atom is -0.493 e. The second-order valence-corrected chi connectivity index (χ2v) is 6.53. The molecule has 1 atom stereocenters. The maximum atomic E-state index is 5.84. The SMILES string of the molecule is COc1ccc(NC(=S)N[C@@H](C)COc2ccc(C)c(C)c2)cc1OC. The average Bonchev–Trinajstić information content (AvgIpc) is 2.62. The van der Waals surface area contributed by atoms with Crippen LogP contribution >= 0.6 is 12.2 Å². The highest BCUT2D eigenvalue weighted by molar-refractivity contribution is 7.80. The van der Waals surface area contributed by atoms with Gasteiger partial charge in [0, 0.05) is 11.8 Å². The monoisotopic (exact) mass is 374 g/mol. The average molecular weight is 375 g/mol. The number of benzene rings is 2. The van der Waals surface area contributed by atoms with Gasteiger partial charge in [0.05, 0.1) is 20.3 Å². The van der Waals surface area contributed by atoms with Crippen molar-refractivity contribution in [3.8, 4) is 17.2 Å². The minimum absolute atomic E-state index is 0.0525. The van der Waals surface area contributed by atoms with Crippen LogP contribution in [0.3, 0.4) is 0 Å². The third kappa shape index (κ3) is 5.52. The predicted octanol–water partition coefficient (Wildman–Crippen LogP) is 4.07. The van der Waals surface area contributed by atoms with Crippen LogP contribution in [0.5, 0.6) is 17.2 Å². The molecule has 0 radical (unpaired) electrons. The van der Waals surface area contributed by atoms with Gasteiger partial charge in [-0.3, -0.25) is 0 Å². The summed E-state index contributed by atoms with van der Waals surface area (Å²) in [5.41, 5.74) is 3.29. The zero-order chi connectivity index (χ0) is 19.1. The quantitative estimate of drug-likeness (QED) is 0.713. The van der Waals surface area contributed by atoms with Crippen LogP contribution < -0.4 is 24.8 Å². The van der Waals surface area contributed by atoms with Crippen molar-refractivity contribution in [3.05, 3.63) is 47.5 Å². The van der Waals surface area contributed by atoms with Crippen LogP contribution in [0.1, 0.15) is 18.1 Å². The van der Waals surface area contributed by atoms with E-state index in [9.17, 15) is 0 Å². The predicted molar refractivity (Wildman–Crippen MR) is 110 cm³/mol. The molecule has 0 aliphatic carbocycles. The summed E-state index contributed by atoms with van der Waals surface area (Å²) in [6.45, 7) is 6.69. The van der Waals surface area contributed by atoms with Crippen molar-refractivity contribution in [3.63, 3.8) is 0 Å². The fourth-order valence-electron chi connectivity index (χ4n) is 2.37. The van der Waals surface area contributed by atoms with Crippen molar-refractivity contribution < 1.29 is 14.2 Å². The van der Waals surface area contributed by atoms with Gasteiger partial charge in [0.15, 0.2) is 16.6 Å². The second-order valence-electron chi connectivity index (χ2n) is 6.13. The molecule has 0 spiro atoms. The molecular formula is C20H26N2O3S. The number of hydrogen-bond acceptors (Lipinski definition) is 4. The lowest BCUT2D eigenvalue weighted by Crippen LogP contribution is -2.39. The molecule has 0 unspecified atom stereocenters. The van der Waals surface area contributed by atoms with Crippen LogP contribution in [0.25, 0.3) is 0 Å². The number of ether oxygens (including phenoxy) is 3. The lowest BCUT2D eigenvalue weighted by Gasteiger charge is -2.18. The van der Waals surface area contributed by atoms with Crippen LogP contribution in [0, 0.1) is 13.8 Å². The molecule has 0 aliphatic rings. The van der Waals surface area contributed by atoms with Crippen molar-refractivity contribution in [1.29, 1.82) is 0 Å². The van der Waals surface area contributed by atoms with Crippen LogP contribution in [0.15, 0.2) is 36.4 Å². The number of rotatable bonds is 7. The summed E-state index contributed by atoms with van der Waals surface area (Å²) in [6.07, 6.45) is 0. The highest BCUT2D eigenvalue weighted by Gasteiger charge is 2.08. The van der Waals surface area contributed by atoms with Crippen molar-refractivity contribution in [1.82, 2.24) is 5.32 Å². The molecule has 0 amide bonds. The van der Waals surface area contributed by atoms with E-state index in [2.05, 4.69) is 30.5 Å². The van der Waals surface area contributed by atoms with E-state index in [1.165, 1.54) is 11.1 Å². The molecular weight excluding hydrogens is 348 g/mol. The molecule has 2 N–H and O–H groups in total. The van der Waals surface area contributed by atoms with Gasteiger partial charge in [-0.05, 0) is 68.4 Å². The van der Waals surface area contributed by atoms with E-state index in [1.54, 1.807) is 14.2 Å². The van der Waals surface area contributed by atoms with Crippen LogP contribution in [-0.2, 0) is 0 Å². The summed E-state index contributed by atoms with van der Waals surface area (Å²) in [6, 6.07) is 11.7. The van der Waals surface area contributed by atoms with Gasteiger partial charge in [-0.1, -0.05) is 6.07 Å². The number of aryl methyl sites for hydroxylation is 2. The topological polar surface area (TPSA) is 51.8 Å². The van der Waals surface area contributed by atoms with Crippen molar-refractivity contribution in [2.24, 2.45) is 0 Å². The molecule has 140 valence electrons. The fourth-order valence-corrected chi connectivity index (χ4v) is 2.69. The van der Waals surface area contributed by atoms with Crippen molar-refractivity contribution in [2.75, 3.05) is 26.1 Å². The van der Waals surface area contributed by atoms with Crippen LogP contribution in [0.4, 0.5) is 5.69 Å². The van der Waals surface area contributed by atoms with Crippen LogP contribution in [0.2, 0.25) is 0 Å². The summed E-state index contributed by atoms with van der Waals surface area (Å²) in [5, 5.41) is 6.88. The highest BCUT2D eigenvalue weighted by atomic mass is 32.1. The number of thiocarbonyl (C=S) groups is 1. The Morgan fingerprint density at radius 1 is 1.00 bits per heavy atom. The first kappa shape index (κ1) is 19.8. The number of anilines is 1. The third-order valence-corrected chi connectivity index (χ3v) is 4.22. The van der Waals surface area contributed by atoms with E-state index >= 15 is 0 Å². The van der Waals surface area contributed by atoms with E-state index in [0.29, 0.717) is 23.2 Å². The summed E-state index contributed by atoms with van der Waals surface area (Å²) in [5.74, 6) is 2.18. The molecule has 2 aromatic carbocycles. The van der Waals surface area contributed by atoms with Crippen molar-refractivity contribution in [2.45, 2.75) is 26.8 Å². The molecule has 2 aromatic rings. The van der Waals surface area contributed by atoms with Gasteiger partial charge in [0.1, 0.15) is 12.4 Å². The number of hydrogen-bond donors (Lipinski definition) is 2. The molecule has 2 rings (SSSR count). The lowest BCUT2D eigenvalue weighted by molar-refractivity contribution is 0.287. The van der Waals surface area contributed by atoms with E-state index in [4.69, 9.17) is 26.4 Å². The zero-order valence-corrected chi connectivity index (χ0v) is 16.7. The van der Waals surface area contributed by atoms with Gasteiger partial charge in [0.25, 0.3) is 0 Å². The first-order valence-corrected chi connectivity index (χ1v) is 8.83. The van der Waals surface area contributed by atoms with Gasteiger partial charge in [0.2, 0.25) is 0 Å². The Kier molecular flexibility index (Phi) is 7.09. The fraction of sp³-hybridized carbons (Fsp3) is 0.350. The number of nitrogens with one attached hydrogen (secondary N) is 2. The highest BCUT2D eigenvalue weighted by Crippen LogP contribution is 2.29. The second kappa shape index (κ2) is 9.29. The van der Waals surface area contributed by atoms with Crippen LogP contribution in [-0.4, -0.2) is 32.0 Å². The first-order chi connectivity index (χ1) is 12.4. The molecule has 0 heterocycles. The van der Waals surface area contributed by atoms with Gasteiger partial charge < -0.3 is 24.8 Å². The molecule has 0 fully saturated rings. The first-order valence-electron chi connectivity index (χ1n) is 8.42. The molecule has 6 heteroatoms. The van der Waals surface area contributed by atoms with E-state index in [0.717, 1.165) is 11.4 Å². The Morgan fingerprint density at radius 2 is 1.73 bits per heavy atom. The Balaban J connectivity index is 1.85. The van der Waals surface area contributed by atoms with Gasteiger partial charge in [-0.2, -0.15) is 0 Å². The maximum Gasteiger partial charge on any atom is 0.171 e. The Morgan fingerprint density at radius 3 is 2.38 bits per heavy atom. The normalized spacial score (nSPS) is 11.4. The summed E-state index contributed by atoms with van der Waals surface area (Å²) >= 11 is 5.37. The number of methoxy groups -OCH3 is 2. The van der Waals surface area contributed by atoms with Gasteiger partial charge in [-0.15, -0.1) is 0 Å². The largest absolute Gasteiger partial charge is 0.493 e. The Labute approximate surface area is 160 Å².